The number of methoxy groups -OCH3 is 1. The number of carbonyl (C=O) groups excluding carboxylic acids is 3. The lowest BCUT2D eigenvalue weighted by Crippen LogP contribution is -2.47. The molecule has 5 rings (SSSR count). The Balaban J connectivity index is 1.33. The molecule has 1 saturated heterocycles. The van der Waals surface area contributed by atoms with Gasteiger partial charge in [0, 0.05) is 17.6 Å². The van der Waals surface area contributed by atoms with Crippen molar-refractivity contribution < 1.29 is 41.8 Å². The van der Waals surface area contributed by atoms with E-state index in [9.17, 15) is 27.6 Å². The maximum absolute atomic E-state index is 14.8. The molecule has 1 aliphatic heterocycles. The number of hydrogen-bond donors (Lipinski definition) is 2. The van der Waals surface area contributed by atoms with Gasteiger partial charge in [-0.05, 0) is 41.8 Å². The van der Waals surface area contributed by atoms with Crippen molar-refractivity contribution in [2.45, 2.75) is 25.0 Å². The number of amides is 1. The Labute approximate surface area is 226 Å². The fraction of sp³-hybridized carbons (Fsp3) is 0.207. The lowest BCUT2D eigenvalue weighted by molar-refractivity contribution is -0.139. The molecule has 0 aliphatic carbocycles. The molecule has 3 aromatic carbocycles. The van der Waals surface area contributed by atoms with Crippen LogP contribution < -0.4 is 10.1 Å². The van der Waals surface area contributed by atoms with Gasteiger partial charge in [0.05, 0.1) is 37.3 Å². The van der Waals surface area contributed by atoms with Crippen LogP contribution in [-0.4, -0.2) is 42.4 Å². The highest BCUT2D eigenvalue weighted by atomic mass is 19.1. The molecule has 1 aromatic heterocycles. The van der Waals surface area contributed by atoms with Crippen LogP contribution in [0.5, 0.6) is 11.5 Å². The quantitative estimate of drug-likeness (QED) is 0.315. The van der Waals surface area contributed by atoms with Crippen molar-refractivity contribution in [3.05, 3.63) is 94.9 Å². The lowest BCUT2D eigenvalue weighted by atomic mass is 9.94. The minimum Gasteiger partial charge on any atom is -0.469 e. The van der Waals surface area contributed by atoms with Crippen molar-refractivity contribution in [3.8, 4) is 11.5 Å². The third kappa shape index (κ3) is 5.41. The van der Waals surface area contributed by atoms with E-state index < -0.39 is 58.6 Å². The summed E-state index contributed by atoms with van der Waals surface area (Å²) in [6.07, 6.45) is 0.591. The molecule has 2 unspecified atom stereocenters. The molecule has 8 nitrogen and oxygen atoms in total. The van der Waals surface area contributed by atoms with Gasteiger partial charge in [-0.3, -0.25) is 14.4 Å². The monoisotopic (exact) mass is 552 g/mol. The van der Waals surface area contributed by atoms with Crippen LogP contribution in [0.4, 0.5) is 13.2 Å². The van der Waals surface area contributed by atoms with E-state index >= 15 is 0 Å². The third-order valence-electron chi connectivity index (χ3n) is 6.53. The molecule has 0 saturated carbocycles. The van der Waals surface area contributed by atoms with Gasteiger partial charge < -0.3 is 24.5 Å². The standard InChI is InChI=1S/C29H23F3N2O6/c1-38-24(35)12-15-3-2-4-16(11-15)27-26(36)22(8-10-39-27)34-29(37)19-13-17(5-6-20(19)30)40-28-21(31)14-23-18(25(28)32)7-9-33-23/h2-7,9,11,13-14,22,27,33H,8,10,12H2,1H3,(H,34,37). The normalized spacial score (nSPS) is 17.1. The van der Waals surface area contributed by atoms with E-state index in [0.29, 0.717) is 11.1 Å². The average molecular weight is 553 g/mol. The number of H-pyrrole nitrogens is 1. The van der Waals surface area contributed by atoms with Gasteiger partial charge in [0.2, 0.25) is 0 Å². The maximum Gasteiger partial charge on any atom is 0.309 e. The first-order valence-corrected chi connectivity index (χ1v) is 12.3. The second-order valence-electron chi connectivity index (χ2n) is 9.15. The first-order valence-electron chi connectivity index (χ1n) is 12.3. The van der Waals surface area contributed by atoms with Gasteiger partial charge in [-0.2, -0.15) is 0 Å². The van der Waals surface area contributed by atoms with E-state index in [1.807, 2.05) is 0 Å². The van der Waals surface area contributed by atoms with Crippen LogP contribution in [0, 0.1) is 17.5 Å². The number of carbonyl (C=O) groups is 3. The summed E-state index contributed by atoms with van der Waals surface area (Å²) in [5.41, 5.74) is 0.873. The van der Waals surface area contributed by atoms with Crippen molar-refractivity contribution >= 4 is 28.6 Å². The Hall–Kier alpha value is -4.64. The summed E-state index contributed by atoms with van der Waals surface area (Å²) in [6, 6.07) is 11.2. The highest BCUT2D eigenvalue weighted by molar-refractivity contribution is 5.99. The van der Waals surface area contributed by atoms with Crippen LogP contribution in [0.1, 0.15) is 34.0 Å². The van der Waals surface area contributed by atoms with E-state index in [-0.39, 0.29) is 36.1 Å². The Kier molecular flexibility index (Phi) is 7.56. The van der Waals surface area contributed by atoms with Gasteiger partial charge >= 0.3 is 5.97 Å². The molecule has 1 amide bonds. The molecule has 1 fully saturated rings. The summed E-state index contributed by atoms with van der Waals surface area (Å²) in [7, 11) is 1.27. The average Bonchev–Trinajstić information content (AvgIpc) is 3.41. The zero-order chi connectivity index (χ0) is 28.4. The topological polar surface area (TPSA) is 107 Å². The Morgan fingerprint density at radius 1 is 1.07 bits per heavy atom. The summed E-state index contributed by atoms with van der Waals surface area (Å²) in [4.78, 5) is 40.5. The van der Waals surface area contributed by atoms with E-state index in [2.05, 4.69) is 15.0 Å². The molecule has 40 heavy (non-hydrogen) atoms. The van der Waals surface area contributed by atoms with Gasteiger partial charge in [0.15, 0.2) is 23.2 Å². The van der Waals surface area contributed by atoms with Crippen LogP contribution in [0.3, 0.4) is 0 Å². The molecular weight excluding hydrogens is 529 g/mol. The van der Waals surface area contributed by atoms with Crippen molar-refractivity contribution in [2.24, 2.45) is 0 Å². The predicted molar refractivity (Wildman–Crippen MR) is 136 cm³/mol. The highest BCUT2D eigenvalue weighted by Crippen LogP contribution is 2.33. The van der Waals surface area contributed by atoms with E-state index in [1.165, 1.54) is 19.4 Å². The zero-order valence-electron chi connectivity index (χ0n) is 21.1. The number of nitrogens with one attached hydrogen (secondary N) is 2. The SMILES string of the molecule is COC(=O)Cc1cccc(C2OCCC(NC(=O)c3cc(Oc4c(F)cc5[nH]ccc5c4F)ccc3F)C2=O)c1. The van der Waals surface area contributed by atoms with Crippen LogP contribution in [0.25, 0.3) is 10.9 Å². The first-order chi connectivity index (χ1) is 19.2. The minimum absolute atomic E-state index is 0.00987. The van der Waals surface area contributed by atoms with Crippen molar-refractivity contribution in [2.75, 3.05) is 13.7 Å². The summed E-state index contributed by atoms with van der Waals surface area (Å²) >= 11 is 0. The number of rotatable bonds is 7. The van der Waals surface area contributed by atoms with Crippen LogP contribution >= 0.6 is 0 Å². The predicted octanol–water partition coefficient (Wildman–Crippen LogP) is 4.92. The number of Topliss-reactive ketones (excluding diaryl/α,β-unsaturated/α-hetero) is 1. The van der Waals surface area contributed by atoms with E-state index in [1.54, 1.807) is 24.3 Å². The molecule has 0 spiro atoms. The Bertz CT molecular complexity index is 1620. The minimum atomic E-state index is -1.01. The molecule has 1 aliphatic rings. The zero-order valence-corrected chi connectivity index (χ0v) is 21.1. The molecule has 0 radical (unpaired) electrons. The molecule has 2 N–H and O–H groups in total. The number of aromatic nitrogens is 1. The molecule has 2 heterocycles. The second-order valence-corrected chi connectivity index (χ2v) is 9.15. The number of ether oxygens (including phenoxy) is 3. The fourth-order valence-electron chi connectivity index (χ4n) is 4.52. The molecular formula is C29H23F3N2O6. The Morgan fingerprint density at radius 3 is 2.70 bits per heavy atom. The number of ketones is 1. The van der Waals surface area contributed by atoms with E-state index in [0.717, 1.165) is 24.3 Å². The van der Waals surface area contributed by atoms with Gasteiger partial charge in [0.25, 0.3) is 5.91 Å². The summed E-state index contributed by atoms with van der Waals surface area (Å²) in [5.74, 6) is -5.56. The number of benzene rings is 3. The highest BCUT2D eigenvalue weighted by Gasteiger charge is 2.35. The number of esters is 1. The molecule has 4 aromatic rings. The summed E-state index contributed by atoms with van der Waals surface area (Å²) in [5, 5.41) is 2.62. The number of fused-ring (bicyclic) bond motifs is 1. The first kappa shape index (κ1) is 26.9. The molecule has 0 bridgehead atoms. The van der Waals surface area contributed by atoms with Gasteiger partial charge in [-0.15, -0.1) is 0 Å². The van der Waals surface area contributed by atoms with Crippen molar-refractivity contribution in [3.63, 3.8) is 0 Å². The maximum atomic E-state index is 14.8. The second kappa shape index (κ2) is 11.2. The smallest absolute Gasteiger partial charge is 0.309 e. The van der Waals surface area contributed by atoms with Gasteiger partial charge in [0.1, 0.15) is 17.7 Å². The van der Waals surface area contributed by atoms with Crippen LogP contribution in [0.2, 0.25) is 0 Å². The van der Waals surface area contributed by atoms with Crippen molar-refractivity contribution in [1.82, 2.24) is 10.3 Å². The van der Waals surface area contributed by atoms with Gasteiger partial charge in [-0.25, -0.2) is 13.2 Å². The molecule has 2 atom stereocenters. The number of hydrogen-bond acceptors (Lipinski definition) is 6. The van der Waals surface area contributed by atoms with E-state index in [4.69, 9.17) is 9.47 Å². The number of halogens is 3. The molecule has 206 valence electrons. The number of aromatic amines is 1. The molecule has 11 heteroatoms. The Morgan fingerprint density at radius 2 is 1.90 bits per heavy atom. The largest absolute Gasteiger partial charge is 0.469 e. The van der Waals surface area contributed by atoms with Gasteiger partial charge in [-0.1, -0.05) is 24.3 Å². The fourth-order valence-corrected chi connectivity index (χ4v) is 4.52. The third-order valence-corrected chi connectivity index (χ3v) is 6.53. The summed E-state index contributed by atoms with van der Waals surface area (Å²) in [6.45, 7) is 0.133. The van der Waals surface area contributed by atoms with Crippen LogP contribution in [-0.2, 0) is 25.5 Å². The summed E-state index contributed by atoms with van der Waals surface area (Å²) < 4.78 is 59.7. The van der Waals surface area contributed by atoms with Crippen molar-refractivity contribution in [1.29, 1.82) is 0 Å². The lowest BCUT2D eigenvalue weighted by Gasteiger charge is -2.29. The van der Waals surface area contributed by atoms with Crippen LogP contribution in [0.15, 0.2) is 60.8 Å².